The number of hydrogen-bond acceptors (Lipinski definition) is 8. The van der Waals surface area contributed by atoms with Crippen LogP contribution in [0.4, 0.5) is 9.39 Å². The first-order valence-electron chi connectivity index (χ1n) is 13.1. The van der Waals surface area contributed by atoms with Crippen molar-refractivity contribution < 1.29 is 23.5 Å². The van der Waals surface area contributed by atoms with Crippen molar-refractivity contribution in [1.82, 2.24) is 20.1 Å². The van der Waals surface area contributed by atoms with Gasteiger partial charge in [-0.3, -0.25) is 14.2 Å². The maximum absolute atomic E-state index is 13.7. The number of nitrogens with zero attached hydrogens (tertiary/aromatic N) is 3. The Labute approximate surface area is 244 Å². The van der Waals surface area contributed by atoms with Crippen molar-refractivity contribution in [1.29, 1.82) is 0 Å². The Morgan fingerprint density at radius 1 is 1.12 bits per heavy atom. The largest absolute Gasteiger partial charge is 0.462 e. The first-order valence-corrected chi connectivity index (χ1v) is 14.9. The number of esters is 1. The van der Waals surface area contributed by atoms with Crippen molar-refractivity contribution in [3.05, 3.63) is 87.3 Å². The van der Waals surface area contributed by atoms with E-state index < -0.39 is 11.8 Å². The number of thiophene rings is 1. The lowest BCUT2D eigenvalue weighted by Crippen LogP contribution is -2.24. The number of fused-ring (bicyclic) bond motifs is 1. The highest BCUT2D eigenvalue weighted by atomic mass is 32.2. The second-order valence-corrected chi connectivity index (χ2v) is 11.4. The molecule has 0 saturated carbocycles. The van der Waals surface area contributed by atoms with Gasteiger partial charge in [0.25, 0.3) is 5.91 Å². The summed E-state index contributed by atoms with van der Waals surface area (Å²) in [5.74, 6) is -1.01. The summed E-state index contributed by atoms with van der Waals surface area (Å²) in [6.45, 7) is 3.97. The van der Waals surface area contributed by atoms with Crippen molar-refractivity contribution in [2.24, 2.45) is 0 Å². The quantitative estimate of drug-likeness (QED) is 0.194. The highest BCUT2D eigenvalue weighted by molar-refractivity contribution is 7.99. The molecule has 2 N–H and O–H groups in total. The third kappa shape index (κ3) is 6.49. The molecule has 0 radical (unpaired) electrons. The van der Waals surface area contributed by atoms with Gasteiger partial charge in [0.2, 0.25) is 5.91 Å². The number of thioether (sulfide) groups is 1. The van der Waals surface area contributed by atoms with Crippen LogP contribution in [0.25, 0.3) is 5.69 Å². The van der Waals surface area contributed by atoms with Crippen LogP contribution in [0.3, 0.4) is 0 Å². The molecule has 0 spiro atoms. The average molecular weight is 594 g/mol. The maximum atomic E-state index is 13.7. The number of anilines is 1. The Morgan fingerprint density at radius 2 is 1.93 bits per heavy atom. The lowest BCUT2D eigenvalue weighted by atomic mass is 10.1. The minimum atomic E-state index is -0.428. The van der Waals surface area contributed by atoms with Crippen LogP contribution in [0.2, 0.25) is 0 Å². The van der Waals surface area contributed by atoms with Crippen molar-refractivity contribution >= 4 is 45.9 Å². The number of carbonyl (C=O) groups excluding carboxylic acids is 3. The predicted octanol–water partition coefficient (Wildman–Crippen LogP) is 5.10. The van der Waals surface area contributed by atoms with Gasteiger partial charge in [-0.05, 0) is 75.1 Å². The smallest absolute Gasteiger partial charge is 0.341 e. The first kappa shape index (κ1) is 28.5. The van der Waals surface area contributed by atoms with Crippen LogP contribution >= 0.6 is 23.1 Å². The van der Waals surface area contributed by atoms with Gasteiger partial charge in [0.1, 0.15) is 10.8 Å². The summed E-state index contributed by atoms with van der Waals surface area (Å²) in [7, 11) is 0. The molecular formula is C29H28FN5O4S2. The van der Waals surface area contributed by atoms with E-state index in [1.807, 2.05) is 19.1 Å². The number of amides is 2. The number of benzene rings is 2. The molecule has 0 aliphatic heterocycles. The third-order valence-corrected chi connectivity index (χ3v) is 8.59. The molecule has 41 heavy (non-hydrogen) atoms. The average Bonchev–Trinajstić information content (AvgIpc) is 3.66. The van der Waals surface area contributed by atoms with Crippen LogP contribution in [-0.4, -0.2) is 44.9 Å². The Kier molecular flexibility index (Phi) is 8.79. The van der Waals surface area contributed by atoms with Gasteiger partial charge in [-0.25, -0.2) is 9.18 Å². The Bertz CT molecular complexity index is 1600. The lowest BCUT2D eigenvalue weighted by Gasteiger charge is -2.11. The zero-order valence-corrected chi connectivity index (χ0v) is 24.2. The third-order valence-electron chi connectivity index (χ3n) is 6.46. The molecule has 1 aliphatic carbocycles. The van der Waals surface area contributed by atoms with Gasteiger partial charge in [-0.15, -0.1) is 21.5 Å². The minimum absolute atomic E-state index is 0.0141. The number of hydrogen-bond donors (Lipinski definition) is 2. The second kappa shape index (κ2) is 12.6. The van der Waals surface area contributed by atoms with Gasteiger partial charge < -0.3 is 15.4 Å². The SMILES string of the molecule is CCOC(=O)c1c(NC(=O)CSc2nnc(CNC(=O)c3cccc(C)c3)n2-c2ccc(F)cc2)sc2c1CCC2. The molecule has 0 unspecified atom stereocenters. The van der Waals surface area contributed by atoms with Crippen LogP contribution in [0, 0.1) is 12.7 Å². The number of carbonyl (C=O) groups is 3. The molecule has 5 rings (SSSR count). The molecule has 2 aromatic heterocycles. The van der Waals surface area contributed by atoms with Crippen LogP contribution in [0.15, 0.2) is 53.7 Å². The first-order chi connectivity index (χ1) is 19.8. The highest BCUT2D eigenvalue weighted by Crippen LogP contribution is 2.39. The molecule has 2 aromatic carbocycles. The molecule has 12 heteroatoms. The molecule has 0 fully saturated rings. The molecule has 0 atom stereocenters. The van der Waals surface area contributed by atoms with Gasteiger partial charge in [0.15, 0.2) is 11.0 Å². The molecule has 9 nitrogen and oxygen atoms in total. The molecule has 2 heterocycles. The number of nitrogens with one attached hydrogen (secondary N) is 2. The van der Waals surface area contributed by atoms with E-state index in [1.54, 1.807) is 35.8 Å². The van der Waals surface area contributed by atoms with E-state index in [1.165, 1.54) is 23.5 Å². The van der Waals surface area contributed by atoms with Crippen LogP contribution in [0.1, 0.15) is 55.9 Å². The van der Waals surface area contributed by atoms with E-state index in [0.29, 0.717) is 32.8 Å². The fourth-order valence-corrected chi connectivity index (χ4v) is 6.67. The summed E-state index contributed by atoms with van der Waals surface area (Å²) in [6, 6.07) is 13.0. The Balaban J connectivity index is 1.32. The second-order valence-electron chi connectivity index (χ2n) is 9.38. The molecule has 0 bridgehead atoms. The topological polar surface area (TPSA) is 115 Å². The van der Waals surface area contributed by atoms with E-state index in [0.717, 1.165) is 47.0 Å². The Morgan fingerprint density at radius 3 is 2.68 bits per heavy atom. The van der Waals surface area contributed by atoms with Gasteiger partial charge in [0.05, 0.1) is 24.5 Å². The van der Waals surface area contributed by atoms with E-state index in [2.05, 4.69) is 20.8 Å². The summed E-state index contributed by atoms with van der Waals surface area (Å²) in [5, 5.41) is 15.1. The number of aromatic nitrogens is 3. The standard InChI is InChI=1S/C29H28FN5O4S2/c1-3-39-28(38)25-21-8-5-9-22(21)41-27(25)32-24(36)16-40-29-34-33-23(35(29)20-12-10-19(30)11-13-20)15-31-26(37)18-7-4-6-17(2)14-18/h4,6-7,10-14H,3,5,8-9,15-16H2,1-2H3,(H,31,37)(H,32,36). The maximum Gasteiger partial charge on any atom is 0.341 e. The van der Waals surface area contributed by atoms with Crippen molar-refractivity contribution in [2.75, 3.05) is 17.7 Å². The van der Waals surface area contributed by atoms with Crippen LogP contribution in [-0.2, 0) is 28.9 Å². The van der Waals surface area contributed by atoms with Crippen LogP contribution in [0.5, 0.6) is 0 Å². The zero-order valence-electron chi connectivity index (χ0n) is 22.5. The highest BCUT2D eigenvalue weighted by Gasteiger charge is 2.28. The van der Waals surface area contributed by atoms with Crippen LogP contribution < -0.4 is 10.6 Å². The molecule has 212 valence electrons. The lowest BCUT2D eigenvalue weighted by molar-refractivity contribution is -0.113. The summed E-state index contributed by atoms with van der Waals surface area (Å²) in [5.41, 5.74) is 3.48. The molecular weight excluding hydrogens is 565 g/mol. The summed E-state index contributed by atoms with van der Waals surface area (Å²) < 4.78 is 20.6. The number of rotatable bonds is 10. The van der Waals surface area contributed by atoms with Crippen molar-refractivity contribution in [2.45, 2.75) is 44.8 Å². The predicted molar refractivity (Wildman–Crippen MR) is 155 cm³/mol. The number of halogens is 1. The van der Waals surface area contributed by atoms with E-state index in [9.17, 15) is 18.8 Å². The van der Waals surface area contributed by atoms with Gasteiger partial charge >= 0.3 is 5.97 Å². The molecule has 0 saturated heterocycles. The van der Waals surface area contributed by atoms with Gasteiger partial charge in [-0.1, -0.05) is 29.5 Å². The van der Waals surface area contributed by atoms with Gasteiger partial charge in [0, 0.05) is 16.1 Å². The van der Waals surface area contributed by atoms with E-state index in [-0.39, 0.29) is 30.7 Å². The number of aryl methyl sites for hydroxylation is 2. The number of ether oxygens (including phenoxy) is 1. The summed E-state index contributed by atoms with van der Waals surface area (Å²) in [6.07, 6.45) is 2.64. The molecule has 1 aliphatic rings. The summed E-state index contributed by atoms with van der Waals surface area (Å²) in [4.78, 5) is 39.5. The Hall–Kier alpha value is -4.03. The van der Waals surface area contributed by atoms with Crippen molar-refractivity contribution in [3.8, 4) is 5.69 Å². The monoisotopic (exact) mass is 593 g/mol. The normalized spacial score (nSPS) is 12.2. The van der Waals surface area contributed by atoms with Gasteiger partial charge in [-0.2, -0.15) is 0 Å². The van der Waals surface area contributed by atoms with Crippen molar-refractivity contribution in [3.63, 3.8) is 0 Å². The van der Waals surface area contributed by atoms with E-state index >= 15 is 0 Å². The fourth-order valence-electron chi connectivity index (χ4n) is 4.61. The van der Waals surface area contributed by atoms with E-state index in [4.69, 9.17) is 4.74 Å². The minimum Gasteiger partial charge on any atom is -0.462 e. The zero-order chi connectivity index (χ0) is 28.9. The fraction of sp³-hybridized carbons (Fsp3) is 0.276. The molecule has 2 amide bonds. The summed E-state index contributed by atoms with van der Waals surface area (Å²) >= 11 is 2.56. The molecule has 4 aromatic rings.